The summed E-state index contributed by atoms with van der Waals surface area (Å²) in [6.07, 6.45) is 9.20. The van der Waals surface area contributed by atoms with Crippen LogP contribution in [0.4, 0.5) is 5.69 Å². The van der Waals surface area contributed by atoms with Gasteiger partial charge in [-0.05, 0) is 47.8 Å². The van der Waals surface area contributed by atoms with E-state index >= 15 is 0 Å². The Hall–Kier alpha value is -1.68. The molecule has 64 valence electrons. The van der Waals surface area contributed by atoms with Gasteiger partial charge in [-0.25, -0.2) is 0 Å². The number of hydrogen-bond donors (Lipinski definition) is 1. The average molecular weight is 169 g/mol. The number of hydrogen-bond acceptors (Lipinski definition) is 1. The molecule has 1 aromatic rings. The Labute approximate surface area is 78.3 Å². The summed E-state index contributed by atoms with van der Waals surface area (Å²) >= 11 is 0. The standard InChI is InChI=1S/C12H11N/c1-2-3-9-4-5-10-8-11(13)6-7-12(9)10/h1,3,6-8H,4-5,13H2. The lowest BCUT2D eigenvalue weighted by molar-refractivity contribution is 1.08. The highest BCUT2D eigenvalue weighted by Crippen LogP contribution is 2.32. The van der Waals surface area contributed by atoms with Crippen LogP contribution in [-0.2, 0) is 6.42 Å². The van der Waals surface area contributed by atoms with Crippen molar-refractivity contribution < 1.29 is 0 Å². The highest BCUT2D eigenvalue weighted by Gasteiger charge is 2.14. The van der Waals surface area contributed by atoms with Gasteiger partial charge in [0.1, 0.15) is 0 Å². The van der Waals surface area contributed by atoms with Crippen molar-refractivity contribution in [3.8, 4) is 12.3 Å². The van der Waals surface area contributed by atoms with Gasteiger partial charge in [0.2, 0.25) is 0 Å². The lowest BCUT2D eigenvalue weighted by Gasteiger charge is -2.00. The van der Waals surface area contributed by atoms with E-state index in [-0.39, 0.29) is 0 Å². The van der Waals surface area contributed by atoms with Gasteiger partial charge in [-0.15, -0.1) is 6.42 Å². The number of allylic oxidation sites excluding steroid dienone is 2. The second-order valence-corrected chi connectivity index (χ2v) is 3.25. The summed E-state index contributed by atoms with van der Waals surface area (Å²) in [5, 5.41) is 0. The molecule has 0 atom stereocenters. The normalized spacial score (nSPS) is 17.0. The molecular weight excluding hydrogens is 158 g/mol. The third kappa shape index (κ3) is 1.31. The van der Waals surface area contributed by atoms with Crippen LogP contribution < -0.4 is 5.73 Å². The molecule has 0 spiro atoms. The summed E-state index contributed by atoms with van der Waals surface area (Å²) in [6.45, 7) is 0. The molecule has 0 amide bonds. The Morgan fingerprint density at radius 3 is 3.00 bits per heavy atom. The lowest BCUT2D eigenvalue weighted by Crippen LogP contribution is -1.87. The first-order chi connectivity index (χ1) is 6.31. The summed E-state index contributed by atoms with van der Waals surface area (Å²) in [6, 6.07) is 6.02. The van der Waals surface area contributed by atoms with E-state index in [1.54, 1.807) is 0 Å². The van der Waals surface area contributed by atoms with Gasteiger partial charge in [0, 0.05) is 5.69 Å². The van der Waals surface area contributed by atoms with E-state index in [0.717, 1.165) is 18.5 Å². The fraction of sp³-hybridized carbons (Fsp3) is 0.167. The van der Waals surface area contributed by atoms with Crippen LogP contribution >= 0.6 is 0 Å². The van der Waals surface area contributed by atoms with Crippen LogP contribution in [0.25, 0.3) is 5.57 Å². The molecule has 1 aliphatic carbocycles. The van der Waals surface area contributed by atoms with E-state index in [1.807, 2.05) is 18.2 Å². The van der Waals surface area contributed by atoms with Crippen molar-refractivity contribution in [2.24, 2.45) is 0 Å². The number of nitrogens with two attached hydrogens (primary N) is 1. The molecule has 2 N–H and O–H groups in total. The number of fused-ring (bicyclic) bond motifs is 1. The van der Waals surface area contributed by atoms with Crippen molar-refractivity contribution in [2.45, 2.75) is 12.8 Å². The van der Waals surface area contributed by atoms with E-state index in [4.69, 9.17) is 12.2 Å². The van der Waals surface area contributed by atoms with Gasteiger partial charge in [-0.2, -0.15) is 0 Å². The van der Waals surface area contributed by atoms with Crippen LogP contribution in [0.2, 0.25) is 0 Å². The molecule has 0 saturated carbocycles. The number of aryl methyl sites for hydroxylation is 1. The molecule has 1 heteroatoms. The Morgan fingerprint density at radius 2 is 2.23 bits per heavy atom. The van der Waals surface area contributed by atoms with E-state index < -0.39 is 0 Å². The second kappa shape index (κ2) is 2.99. The fourth-order valence-corrected chi connectivity index (χ4v) is 1.79. The second-order valence-electron chi connectivity index (χ2n) is 3.25. The quantitative estimate of drug-likeness (QED) is 0.467. The number of anilines is 1. The van der Waals surface area contributed by atoms with Crippen LogP contribution in [0.5, 0.6) is 0 Å². The topological polar surface area (TPSA) is 26.0 Å². The molecule has 13 heavy (non-hydrogen) atoms. The Kier molecular flexibility index (Phi) is 1.83. The summed E-state index contributed by atoms with van der Waals surface area (Å²) in [4.78, 5) is 0. The maximum absolute atomic E-state index is 5.69. The molecule has 0 unspecified atom stereocenters. The molecule has 0 heterocycles. The van der Waals surface area contributed by atoms with Crippen LogP contribution in [-0.4, -0.2) is 0 Å². The summed E-state index contributed by atoms with van der Waals surface area (Å²) in [5.41, 5.74) is 10.4. The molecule has 0 aromatic heterocycles. The van der Waals surface area contributed by atoms with Crippen molar-refractivity contribution in [1.82, 2.24) is 0 Å². The van der Waals surface area contributed by atoms with Crippen molar-refractivity contribution >= 4 is 11.3 Å². The van der Waals surface area contributed by atoms with Crippen molar-refractivity contribution in [3.63, 3.8) is 0 Å². The molecule has 0 fully saturated rings. The predicted octanol–water partition coefficient (Wildman–Crippen LogP) is 2.23. The van der Waals surface area contributed by atoms with Crippen LogP contribution in [0.1, 0.15) is 17.5 Å². The highest BCUT2D eigenvalue weighted by molar-refractivity contribution is 5.75. The van der Waals surface area contributed by atoms with Gasteiger partial charge in [-0.3, -0.25) is 0 Å². The van der Waals surface area contributed by atoms with E-state index in [0.29, 0.717) is 0 Å². The summed E-state index contributed by atoms with van der Waals surface area (Å²) < 4.78 is 0. The maximum Gasteiger partial charge on any atom is 0.0317 e. The molecule has 0 aliphatic heterocycles. The molecule has 1 nitrogen and oxygen atoms in total. The minimum atomic E-state index is 0.834. The van der Waals surface area contributed by atoms with E-state index in [1.165, 1.54) is 16.7 Å². The van der Waals surface area contributed by atoms with Gasteiger partial charge in [0.05, 0.1) is 0 Å². The molecule has 1 aromatic carbocycles. The first-order valence-corrected chi connectivity index (χ1v) is 4.35. The first kappa shape index (κ1) is 7.94. The highest BCUT2D eigenvalue weighted by atomic mass is 14.5. The molecule has 2 rings (SSSR count). The minimum absolute atomic E-state index is 0.834. The third-order valence-electron chi connectivity index (χ3n) is 2.40. The van der Waals surface area contributed by atoms with Gasteiger partial charge < -0.3 is 5.73 Å². The largest absolute Gasteiger partial charge is 0.399 e. The van der Waals surface area contributed by atoms with Gasteiger partial charge >= 0.3 is 0 Å². The maximum atomic E-state index is 5.69. The zero-order chi connectivity index (χ0) is 9.26. The van der Waals surface area contributed by atoms with Gasteiger partial charge in [0.25, 0.3) is 0 Å². The van der Waals surface area contributed by atoms with Gasteiger partial charge in [-0.1, -0.05) is 12.0 Å². The van der Waals surface area contributed by atoms with Crippen molar-refractivity contribution in [1.29, 1.82) is 0 Å². The predicted molar refractivity (Wildman–Crippen MR) is 56.0 cm³/mol. The van der Waals surface area contributed by atoms with Crippen LogP contribution in [0, 0.1) is 12.3 Å². The number of nitrogen functional groups attached to an aromatic ring is 1. The molecule has 1 aliphatic rings. The smallest absolute Gasteiger partial charge is 0.0317 e. The Balaban J connectivity index is 2.51. The van der Waals surface area contributed by atoms with E-state index in [2.05, 4.69) is 12.0 Å². The molecular formula is C12H11N. The molecule has 0 radical (unpaired) electrons. The summed E-state index contributed by atoms with van der Waals surface area (Å²) in [5.74, 6) is 2.57. The number of rotatable bonds is 0. The fourth-order valence-electron chi connectivity index (χ4n) is 1.79. The zero-order valence-corrected chi connectivity index (χ0v) is 7.38. The average Bonchev–Trinajstić information content (AvgIpc) is 2.49. The number of terminal acetylenes is 1. The Morgan fingerprint density at radius 1 is 1.38 bits per heavy atom. The van der Waals surface area contributed by atoms with Crippen molar-refractivity contribution in [3.05, 3.63) is 35.4 Å². The Bertz CT molecular complexity index is 408. The zero-order valence-electron chi connectivity index (χ0n) is 7.38. The molecule has 0 bridgehead atoms. The first-order valence-electron chi connectivity index (χ1n) is 4.35. The SMILES string of the molecule is C#CC=C1CCc2cc(N)ccc21. The van der Waals surface area contributed by atoms with E-state index in [9.17, 15) is 0 Å². The van der Waals surface area contributed by atoms with Crippen LogP contribution in [0.15, 0.2) is 24.3 Å². The van der Waals surface area contributed by atoms with Gasteiger partial charge in [0.15, 0.2) is 0 Å². The minimum Gasteiger partial charge on any atom is -0.399 e. The lowest BCUT2D eigenvalue weighted by atomic mass is 10.1. The number of benzene rings is 1. The van der Waals surface area contributed by atoms with Crippen molar-refractivity contribution in [2.75, 3.05) is 5.73 Å². The monoisotopic (exact) mass is 169 g/mol. The van der Waals surface area contributed by atoms with Crippen LogP contribution in [0.3, 0.4) is 0 Å². The third-order valence-corrected chi connectivity index (χ3v) is 2.40. The summed E-state index contributed by atoms with van der Waals surface area (Å²) in [7, 11) is 0. The molecule has 0 saturated heterocycles.